The van der Waals surface area contributed by atoms with Gasteiger partial charge in [0.15, 0.2) is 0 Å². The molecule has 0 bridgehead atoms. The molecule has 0 radical (unpaired) electrons. The highest BCUT2D eigenvalue weighted by Crippen LogP contribution is 2.30. The standard InChI is InChI=1S/C29H37N5O/c1-4-31-28-20-27-26(21-32-28)29(35)34(18-17-33(27)3)25-12-8-9-22(19-25)13-14-24(15-16-30-2)23-10-6-5-7-11-23/h5-12,19-21,24,30H,4,13-18H2,1-3H3,(H,31,32). The highest BCUT2D eigenvalue weighted by molar-refractivity contribution is 6.10. The van der Waals surface area contributed by atoms with Gasteiger partial charge in [-0.15, -0.1) is 0 Å². The Morgan fingerprint density at radius 2 is 1.86 bits per heavy atom. The van der Waals surface area contributed by atoms with E-state index in [0.29, 0.717) is 18.0 Å². The quantitative estimate of drug-likeness (QED) is 0.439. The third-order valence-electron chi connectivity index (χ3n) is 6.80. The number of nitrogens with one attached hydrogen (secondary N) is 2. The number of amides is 1. The molecule has 0 spiro atoms. The molecule has 0 saturated carbocycles. The lowest BCUT2D eigenvalue weighted by Crippen LogP contribution is -2.33. The van der Waals surface area contributed by atoms with Crippen LogP contribution in [0.1, 0.15) is 47.2 Å². The summed E-state index contributed by atoms with van der Waals surface area (Å²) in [5, 5.41) is 6.54. The third kappa shape index (κ3) is 6.01. The van der Waals surface area contributed by atoms with Crippen LogP contribution < -0.4 is 20.4 Å². The summed E-state index contributed by atoms with van der Waals surface area (Å²) in [6.07, 6.45) is 4.87. The highest BCUT2D eigenvalue weighted by Gasteiger charge is 2.27. The molecule has 0 fully saturated rings. The Morgan fingerprint density at radius 1 is 1.03 bits per heavy atom. The molecule has 184 valence electrons. The van der Waals surface area contributed by atoms with Crippen molar-refractivity contribution in [3.8, 4) is 0 Å². The van der Waals surface area contributed by atoms with Crippen molar-refractivity contribution in [3.05, 3.63) is 83.6 Å². The predicted molar refractivity (Wildman–Crippen MR) is 146 cm³/mol. The number of hydrogen-bond acceptors (Lipinski definition) is 5. The van der Waals surface area contributed by atoms with Gasteiger partial charge in [-0.05, 0) is 69.0 Å². The Hall–Kier alpha value is -3.38. The van der Waals surface area contributed by atoms with Crippen LogP contribution in [0, 0.1) is 0 Å². The molecule has 2 heterocycles. The van der Waals surface area contributed by atoms with Gasteiger partial charge in [-0.25, -0.2) is 4.98 Å². The maximum Gasteiger partial charge on any atom is 0.262 e. The van der Waals surface area contributed by atoms with Crippen molar-refractivity contribution in [2.45, 2.75) is 32.1 Å². The summed E-state index contributed by atoms with van der Waals surface area (Å²) >= 11 is 0. The first-order chi connectivity index (χ1) is 17.1. The molecule has 6 nitrogen and oxygen atoms in total. The van der Waals surface area contributed by atoms with Gasteiger partial charge in [0.25, 0.3) is 5.91 Å². The average Bonchev–Trinajstić information content (AvgIpc) is 3.01. The SMILES string of the molecule is CCNc1cc2c(cn1)C(=O)N(c1cccc(CCC(CCNC)c3ccccc3)c1)CCN2C. The number of anilines is 3. The van der Waals surface area contributed by atoms with E-state index < -0.39 is 0 Å². The summed E-state index contributed by atoms with van der Waals surface area (Å²) in [6.45, 7) is 5.23. The maximum atomic E-state index is 13.6. The van der Waals surface area contributed by atoms with Gasteiger partial charge < -0.3 is 20.4 Å². The smallest absolute Gasteiger partial charge is 0.262 e. The third-order valence-corrected chi connectivity index (χ3v) is 6.80. The van der Waals surface area contributed by atoms with Crippen LogP contribution >= 0.6 is 0 Å². The van der Waals surface area contributed by atoms with Gasteiger partial charge in [0.05, 0.1) is 11.3 Å². The first-order valence-corrected chi connectivity index (χ1v) is 12.7. The molecular formula is C29H37N5O. The van der Waals surface area contributed by atoms with Gasteiger partial charge in [0.2, 0.25) is 0 Å². The summed E-state index contributed by atoms with van der Waals surface area (Å²) < 4.78 is 0. The van der Waals surface area contributed by atoms with Crippen molar-refractivity contribution in [3.63, 3.8) is 0 Å². The van der Waals surface area contributed by atoms with Gasteiger partial charge in [-0.3, -0.25) is 4.79 Å². The van der Waals surface area contributed by atoms with Crippen LogP contribution in [-0.4, -0.2) is 51.2 Å². The minimum Gasteiger partial charge on any atom is -0.372 e. The van der Waals surface area contributed by atoms with E-state index in [1.54, 1.807) is 6.20 Å². The van der Waals surface area contributed by atoms with Crippen molar-refractivity contribution < 1.29 is 4.79 Å². The van der Waals surface area contributed by atoms with Gasteiger partial charge in [0.1, 0.15) is 5.82 Å². The zero-order valence-corrected chi connectivity index (χ0v) is 21.1. The molecule has 1 aliphatic rings. The van der Waals surface area contributed by atoms with Crippen molar-refractivity contribution >= 4 is 23.1 Å². The number of fused-ring (bicyclic) bond motifs is 1. The summed E-state index contributed by atoms with van der Waals surface area (Å²) in [7, 11) is 4.05. The largest absolute Gasteiger partial charge is 0.372 e. The van der Waals surface area contributed by atoms with E-state index in [-0.39, 0.29) is 5.91 Å². The van der Waals surface area contributed by atoms with E-state index >= 15 is 0 Å². The van der Waals surface area contributed by atoms with E-state index in [9.17, 15) is 4.79 Å². The topological polar surface area (TPSA) is 60.5 Å². The van der Waals surface area contributed by atoms with Gasteiger partial charge in [-0.1, -0.05) is 42.5 Å². The molecule has 0 saturated heterocycles. The molecule has 6 heteroatoms. The number of nitrogens with zero attached hydrogens (tertiary/aromatic N) is 3. The Labute approximate surface area is 209 Å². The van der Waals surface area contributed by atoms with Gasteiger partial charge >= 0.3 is 0 Å². The van der Waals surface area contributed by atoms with Gasteiger partial charge in [0, 0.05) is 44.6 Å². The normalized spacial score (nSPS) is 14.4. The monoisotopic (exact) mass is 471 g/mol. The second kappa shape index (κ2) is 11.8. The Balaban J connectivity index is 1.52. The molecule has 1 aromatic heterocycles. The number of hydrogen-bond donors (Lipinski definition) is 2. The van der Waals surface area contributed by atoms with Gasteiger partial charge in [-0.2, -0.15) is 0 Å². The summed E-state index contributed by atoms with van der Waals surface area (Å²) in [6, 6.07) is 21.2. The second-order valence-electron chi connectivity index (χ2n) is 9.20. The lowest BCUT2D eigenvalue weighted by atomic mass is 9.89. The molecule has 4 rings (SSSR count). The minimum absolute atomic E-state index is 0.00762. The Bertz CT molecular complexity index is 1120. The van der Waals surface area contributed by atoms with E-state index in [0.717, 1.165) is 56.1 Å². The van der Waals surface area contributed by atoms with E-state index in [2.05, 4.69) is 69.0 Å². The zero-order valence-electron chi connectivity index (χ0n) is 21.1. The molecule has 3 aromatic rings. The first-order valence-electron chi connectivity index (χ1n) is 12.7. The van der Waals surface area contributed by atoms with Crippen LogP contribution in [0.3, 0.4) is 0 Å². The lowest BCUT2D eigenvalue weighted by molar-refractivity contribution is 0.0990. The molecule has 35 heavy (non-hydrogen) atoms. The molecule has 1 unspecified atom stereocenters. The molecular weight excluding hydrogens is 434 g/mol. The second-order valence-corrected chi connectivity index (χ2v) is 9.20. The molecule has 1 atom stereocenters. The van der Waals surface area contributed by atoms with Crippen LogP contribution in [0.25, 0.3) is 0 Å². The molecule has 2 N–H and O–H groups in total. The summed E-state index contributed by atoms with van der Waals surface area (Å²) in [4.78, 5) is 22.1. The van der Waals surface area contributed by atoms with E-state index in [1.165, 1.54) is 11.1 Å². The molecule has 2 aromatic carbocycles. The Morgan fingerprint density at radius 3 is 2.63 bits per heavy atom. The van der Waals surface area contributed by atoms with Crippen LogP contribution in [0.15, 0.2) is 66.9 Å². The number of benzene rings is 2. The summed E-state index contributed by atoms with van der Waals surface area (Å²) in [5.41, 5.74) is 5.18. The number of carbonyl (C=O) groups is 1. The molecule has 0 aliphatic carbocycles. The zero-order chi connectivity index (χ0) is 24.6. The molecule has 1 amide bonds. The van der Waals surface area contributed by atoms with Crippen molar-refractivity contribution in [1.82, 2.24) is 10.3 Å². The molecule has 1 aliphatic heterocycles. The van der Waals surface area contributed by atoms with Crippen molar-refractivity contribution in [2.75, 3.05) is 55.4 Å². The van der Waals surface area contributed by atoms with Crippen LogP contribution in [0.5, 0.6) is 0 Å². The highest BCUT2D eigenvalue weighted by atomic mass is 16.2. The number of carbonyl (C=O) groups excluding carboxylic acids is 1. The Kier molecular flexibility index (Phi) is 8.37. The lowest BCUT2D eigenvalue weighted by Gasteiger charge is -2.22. The number of likely N-dealkylation sites (N-methyl/N-ethyl adjacent to an activating group) is 1. The number of aromatic nitrogens is 1. The number of aryl methyl sites for hydroxylation is 1. The van der Waals surface area contributed by atoms with Crippen LogP contribution in [0.4, 0.5) is 17.2 Å². The van der Waals surface area contributed by atoms with Crippen LogP contribution in [-0.2, 0) is 6.42 Å². The maximum absolute atomic E-state index is 13.6. The fraction of sp³-hybridized carbons (Fsp3) is 0.379. The fourth-order valence-electron chi connectivity index (χ4n) is 4.81. The number of rotatable bonds is 10. The van der Waals surface area contributed by atoms with E-state index in [4.69, 9.17) is 0 Å². The van der Waals surface area contributed by atoms with Crippen molar-refractivity contribution in [1.29, 1.82) is 0 Å². The first kappa shape index (κ1) is 24.7. The van der Waals surface area contributed by atoms with Crippen molar-refractivity contribution in [2.24, 2.45) is 0 Å². The minimum atomic E-state index is 0.00762. The fourth-order valence-corrected chi connectivity index (χ4v) is 4.81. The predicted octanol–water partition coefficient (Wildman–Crippen LogP) is 4.94. The summed E-state index contributed by atoms with van der Waals surface area (Å²) in [5.74, 6) is 1.31. The average molecular weight is 472 g/mol. The number of pyridine rings is 1. The van der Waals surface area contributed by atoms with E-state index in [1.807, 2.05) is 38.1 Å². The van der Waals surface area contributed by atoms with Crippen LogP contribution in [0.2, 0.25) is 0 Å².